The van der Waals surface area contributed by atoms with Crippen LogP contribution in [-0.4, -0.2) is 34.0 Å². The van der Waals surface area contributed by atoms with Gasteiger partial charge in [-0.3, -0.25) is 4.79 Å². The average molecular weight is 609 g/mol. The van der Waals surface area contributed by atoms with Crippen molar-refractivity contribution in [2.45, 2.75) is 104 Å². The molecule has 1 N–H and O–H groups in total. The quantitative estimate of drug-likeness (QED) is 0.145. The highest BCUT2D eigenvalue weighted by Gasteiger charge is 2.86. The van der Waals surface area contributed by atoms with Crippen LogP contribution in [0.15, 0.2) is 11.6 Å². The maximum absolute atomic E-state index is 13.8. The third kappa shape index (κ3) is 3.08. The third-order valence-electron chi connectivity index (χ3n) is 12.5. The van der Waals surface area contributed by atoms with Crippen molar-refractivity contribution in [1.82, 2.24) is 0 Å². The summed E-state index contributed by atoms with van der Waals surface area (Å²) in [6.45, 7) is 6.63. The third-order valence-corrected chi connectivity index (χ3v) is 13.3. The smallest absolute Gasteiger partial charge is 0.315 e. The highest BCUT2D eigenvalue weighted by Crippen LogP contribution is 2.84. The van der Waals surface area contributed by atoms with Gasteiger partial charge in [-0.25, -0.2) is 0 Å². The molecular formula is C31H45IO4. The molecule has 200 valence electrons. The molecule has 10 atom stereocenters. The number of alkyl halides is 1. The lowest BCUT2D eigenvalue weighted by atomic mass is 9.41. The summed E-state index contributed by atoms with van der Waals surface area (Å²) >= 11 is 2.49. The number of hydrogen-bond donors (Lipinski definition) is 1. The van der Waals surface area contributed by atoms with Crippen LogP contribution in [0.3, 0.4) is 0 Å². The van der Waals surface area contributed by atoms with Gasteiger partial charge in [0.1, 0.15) is 11.7 Å². The Hall–Kier alpha value is -0.430. The van der Waals surface area contributed by atoms with Gasteiger partial charge in [-0.05, 0) is 73.5 Å². The van der Waals surface area contributed by atoms with Gasteiger partial charge in [0, 0.05) is 9.84 Å². The zero-order chi connectivity index (χ0) is 25.5. The van der Waals surface area contributed by atoms with Crippen molar-refractivity contribution in [2.24, 2.45) is 57.7 Å². The van der Waals surface area contributed by atoms with Gasteiger partial charge in [-0.15, -0.1) is 0 Å². The molecule has 4 nitrogen and oxygen atoms in total. The molecule has 0 radical (unpaired) electrons. The second kappa shape index (κ2) is 9.06. The molecule has 5 heteroatoms. The molecule has 0 spiro atoms. The van der Waals surface area contributed by atoms with Crippen LogP contribution in [0.5, 0.6) is 0 Å². The fourth-order valence-corrected chi connectivity index (χ4v) is 12.2. The van der Waals surface area contributed by atoms with Crippen molar-refractivity contribution >= 4 is 34.8 Å². The van der Waals surface area contributed by atoms with E-state index in [1.165, 1.54) is 38.5 Å². The van der Waals surface area contributed by atoms with Crippen LogP contribution in [0.2, 0.25) is 0 Å². The van der Waals surface area contributed by atoms with E-state index in [4.69, 9.17) is 4.74 Å². The first kappa shape index (κ1) is 25.8. The Balaban J connectivity index is 1.45. The first-order valence-corrected chi connectivity index (χ1v) is 16.4. The fourth-order valence-electron chi connectivity index (χ4n) is 11.3. The second-order valence-corrected chi connectivity index (χ2v) is 14.8. The largest absolute Gasteiger partial charge is 0.481 e. The van der Waals surface area contributed by atoms with Crippen molar-refractivity contribution in [3.8, 4) is 0 Å². The summed E-state index contributed by atoms with van der Waals surface area (Å²) in [5.74, 6) is 2.03. The Morgan fingerprint density at radius 2 is 1.94 bits per heavy atom. The van der Waals surface area contributed by atoms with E-state index >= 15 is 0 Å². The van der Waals surface area contributed by atoms with Crippen LogP contribution in [0.25, 0.3) is 0 Å². The van der Waals surface area contributed by atoms with Crippen LogP contribution in [0.4, 0.5) is 0 Å². The van der Waals surface area contributed by atoms with E-state index in [0.717, 1.165) is 54.3 Å². The normalized spacial score (nSPS) is 49.9. The Morgan fingerprint density at radius 3 is 2.58 bits per heavy atom. The van der Waals surface area contributed by atoms with Gasteiger partial charge >= 0.3 is 5.97 Å². The Morgan fingerprint density at radius 1 is 1.19 bits per heavy atom. The molecular weight excluding hydrogens is 563 g/mol. The number of carboxylic acid groups (broad SMARTS) is 1. The number of aldehydes is 1. The van der Waals surface area contributed by atoms with Gasteiger partial charge in [0.05, 0.1) is 17.6 Å². The van der Waals surface area contributed by atoms with Gasteiger partial charge < -0.3 is 14.6 Å². The van der Waals surface area contributed by atoms with Gasteiger partial charge in [0.25, 0.3) is 0 Å². The first-order chi connectivity index (χ1) is 17.3. The van der Waals surface area contributed by atoms with Crippen molar-refractivity contribution in [1.29, 1.82) is 0 Å². The van der Waals surface area contributed by atoms with E-state index in [1.807, 2.05) is 0 Å². The van der Waals surface area contributed by atoms with Crippen LogP contribution in [0, 0.1) is 57.7 Å². The van der Waals surface area contributed by atoms with Crippen LogP contribution in [-0.2, 0) is 14.3 Å². The molecule has 5 fully saturated rings. The monoisotopic (exact) mass is 608 g/mol. The van der Waals surface area contributed by atoms with E-state index in [2.05, 4.69) is 49.4 Å². The fraction of sp³-hybridized carbons (Fsp3) is 0.871. The van der Waals surface area contributed by atoms with Crippen molar-refractivity contribution in [2.75, 3.05) is 4.43 Å². The molecule has 1 aliphatic heterocycles. The molecule has 1 heterocycles. The highest BCUT2D eigenvalue weighted by atomic mass is 127. The molecule has 0 amide bonds. The van der Waals surface area contributed by atoms with Gasteiger partial charge in [0.2, 0.25) is 0 Å². The number of carbonyl (C=O) groups excluding carboxylic acids is 1. The van der Waals surface area contributed by atoms with Gasteiger partial charge in [-0.1, -0.05) is 93.5 Å². The maximum atomic E-state index is 13.8. The molecule has 3 unspecified atom stereocenters. The number of hydrogen-bond acceptors (Lipinski definition) is 3. The minimum atomic E-state index is -1.11. The molecule has 0 aromatic heterocycles. The van der Waals surface area contributed by atoms with E-state index < -0.39 is 22.2 Å². The Labute approximate surface area is 230 Å². The molecule has 1 saturated heterocycles. The Bertz CT molecular complexity index is 939. The van der Waals surface area contributed by atoms with Crippen molar-refractivity contribution < 1.29 is 19.4 Å². The topological polar surface area (TPSA) is 63.6 Å². The van der Waals surface area contributed by atoms with E-state index in [1.54, 1.807) is 0 Å². The lowest BCUT2D eigenvalue weighted by Crippen LogP contribution is -2.65. The van der Waals surface area contributed by atoms with Crippen LogP contribution < -0.4 is 0 Å². The van der Waals surface area contributed by atoms with E-state index in [9.17, 15) is 14.7 Å². The number of allylic oxidation sites excluding steroid dienone is 1. The zero-order valence-corrected chi connectivity index (χ0v) is 24.5. The number of carboxylic acids is 1. The second-order valence-electron chi connectivity index (χ2n) is 13.9. The lowest BCUT2D eigenvalue weighted by molar-refractivity contribution is -0.196. The minimum absolute atomic E-state index is 0.0602. The highest BCUT2D eigenvalue weighted by molar-refractivity contribution is 14.1. The zero-order valence-electron chi connectivity index (χ0n) is 22.4. The summed E-state index contributed by atoms with van der Waals surface area (Å²) < 4.78 is 8.03. The molecule has 0 aromatic carbocycles. The van der Waals surface area contributed by atoms with Crippen LogP contribution in [0.1, 0.15) is 91.4 Å². The number of halogens is 1. The number of aliphatic carboxylic acids is 1. The van der Waals surface area contributed by atoms with Gasteiger partial charge in [-0.2, -0.15) is 0 Å². The Kier molecular flexibility index (Phi) is 6.50. The van der Waals surface area contributed by atoms with Crippen molar-refractivity contribution in [3.63, 3.8) is 0 Å². The summed E-state index contributed by atoms with van der Waals surface area (Å²) in [6, 6.07) is 0. The molecule has 0 aromatic rings. The predicted molar refractivity (Wildman–Crippen MR) is 149 cm³/mol. The molecule has 4 saturated carbocycles. The maximum Gasteiger partial charge on any atom is 0.315 e. The van der Waals surface area contributed by atoms with Gasteiger partial charge in [0.15, 0.2) is 0 Å². The molecule has 6 rings (SSSR count). The number of rotatable bonds is 7. The van der Waals surface area contributed by atoms with E-state index in [-0.39, 0.29) is 30.0 Å². The van der Waals surface area contributed by atoms with E-state index in [0.29, 0.717) is 17.8 Å². The lowest BCUT2D eigenvalue weighted by Gasteiger charge is -2.60. The summed E-state index contributed by atoms with van der Waals surface area (Å²) in [5, 5.41) is 11.3. The molecule has 36 heavy (non-hydrogen) atoms. The molecule has 5 aliphatic carbocycles. The predicted octanol–water partition coefficient (Wildman–Crippen LogP) is 7.09. The SMILES string of the molecule is CC(C)C1=CC2CC3(C=O)[C@@H]4CC[C@@H](C)[C@H]4CC2([C@H]2C[C@@H](CC4CCCCC4)[C@H](CI)O2)[C@]13C(=O)O. The number of carbonyl (C=O) groups is 2. The standard InChI is InChI=1S/C31H45IO4/c1-18(2)25-13-22-14-29(17-33)24-10-9-19(3)23(24)15-30(22,31(25,29)28(34)35)27-12-21(26(16-32)36-27)11-20-7-5-4-6-8-20/h13,17-24,26-27H,4-12,14-16H2,1-3H3,(H,34,35)/t19-,21-,22?,23-,24-,26+,27-,29?,30?,31+/m1/s1. The van der Waals surface area contributed by atoms with Crippen LogP contribution >= 0.6 is 22.6 Å². The molecule has 6 aliphatic rings. The number of fused-ring (bicyclic) bond motifs is 2. The first-order valence-electron chi connectivity index (χ1n) is 14.9. The minimum Gasteiger partial charge on any atom is -0.481 e. The summed E-state index contributed by atoms with van der Waals surface area (Å²) in [7, 11) is 0. The average Bonchev–Trinajstić information content (AvgIpc) is 3.57. The van der Waals surface area contributed by atoms with Crippen molar-refractivity contribution in [3.05, 3.63) is 11.6 Å². The summed E-state index contributed by atoms with van der Waals surface area (Å²) in [4.78, 5) is 27.1. The molecule has 4 bridgehead atoms. The number of ether oxygens (including phenoxy) is 1. The summed E-state index contributed by atoms with van der Waals surface area (Å²) in [6.07, 6.45) is 16.4. The summed E-state index contributed by atoms with van der Waals surface area (Å²) in [5.41, 5.74) is -1.33.